The van der Waals surface area contributed by atoms with E-state index in [0.29, 0.717) is 12.3 Å². The second kappa shape index (κ2) is 7.31. The van der Waals surface area contributed by atoms with Gasteiger partial charge in [-0.25, -0.2) is 9.97 Å². The van der Waals surface area contributed by atoms with Gasteiger partial charge in [-0.05, 0) is 60.4 Å². The lowest BCUT2D eigenvalue weighted by Crippen LogP contribution is -2.17. The summed E-state index contributed by atoms with van der Waals surface area (Å²) in [5, 5.41) is 14.6. The van der Waals surface area contributed by atoms with E-state index in [1.807, 2.05) is 43.4 Å². The van der Waals surface area contributed by atoms with Crippen LogP contribution in [0.1, 0.15) is 12.5 Å². The molecule has 0 aliphatic heterocycles. The lowest BCUT2D eigenvalue weighted by molar-refractivity contribution is 0.337. The van der Waals surface area contributed by atoms with Crippen LogP contribution in [0.5, 0.6) is 5.75 Å². The number of halogens is 1. The maximum atomic E-state index is 10.3. The molecule has 0 spiro atoms. The van der Waals surface area contributed by atoms with Crippen molar-refractivity contribution in [2.75, 3.05) is 18.9 Å². The molecule has 0 amide bonds. The summed E-state index contributed by atoms with van der Waals surface area (Å²) in [4.78, 5) is 10.8. The number of anilines is 2. The van der Waals surface area contributed by atoms with Gasteiger partial charge < -0.3 is 15.3 Å². The Balaban J connectivity index is 1.97. The first kappa shape index (κ1) is 16.9. The third kappa shape index (κ3) is 3.59. The highest BCUT2D eigenvalue weighted by atomic mass is 127. The fourth-order valence-corrected chi connectivity index (χ4v) is 3.17. The SMILES string of the molecule is CCN(C)Cc1cc(Nc2ncnc3ccccc23)cc(I)c1O. The van der Waals surface area contributed by atoms with Gasteiger partial charge in [0.05, 0.1) is 9.09 Å². The molecule has 3 aromatic rings. The Morgan fingerprint density at radius 1 is 1.21 bits per heavy atom. The third-order valence-electron chi connectivity index (χ3n) is 3.93. The van der Waals surface area contributed by atoms with Crippen LogP contribution in [0, 0.1) is 3.57 Å². The van der Waals surface area contributed by atoms with Crippen molar-refractivity contribution in [2.24, 2.45) is 0 Å². The largest absolute Gasteiger partial charge is 0.507 e. The highest BCUT2D eigenvalue weighted by molar-refractivity contribution is 14.1. The van der Waals surface area contributed by atoms with Crippen LogP contribution < -0.4 is 5.32 Å². The summed E-state index contributed by atoms with van der Waals surface area (Å²) in [6.07, 6.45) is 1.56. The van der Waals surface area contributed by atoms with Crippen LogP contribution in [0.3, 0.4) is 0 Å². The van der Waals surface area contributed by atoms with Crippen LogP contribution in [-0.4, -0.2) is 33.6 Å². The Bertz CT molecular complexity index is 864. The Morgan fingerprint density at radius 3 is 2.79 bits per heavy atom. The molecule has 0 saturated heterocycles. The van der Waals surface area contributed by atoms with Crippen LogP contribution in [0.15, 0.2) is 42.7 Å². The standard InChI is InChI=1S/C18H19IN4O/c1-3-23(2)10-12-8-13(9-15(19)17(12)24)22-18-14-6-4-5-7-16(14)20-11-21-18/h4-9,11,24H,3,10H2,1-2H3,(H,20,21,22). The third-order valence-corrected chi connectivity index (χ3v) is 4.75. The molecule has 0 fully saturated rings. The summed E-state index contributed by atoms with van der Waals surface area (Å²) in [7, 11) is 2.03. The number of benzene rings is 2. The Hall–Kier alpha value is -1.93. The van der Waals surface area contributed by atoms with E-state index in [4.69, 9.17) is 0 Å². The van der Waals surface area contributed by atoms with Crippen LogP contribution in [0.2, 0.25) is 0 Å². The molecule has 24 heavy (non-hydrogen) atoms. The number of rotatable bonds is 5. The number of nitrogens with zero attached hydrogens (tertiary/aromatic N) is 3. The molecular formula is C18H19IN4O. The molecule has 0 aliphatic rings. The van der Waals surface area contributed by atoms with Crippen molar-refractivity contribution in [1.82, 2.24) is 14.9 Å². The highest BCUT2D eigenvalue weighted by Crippen LogP contribution is 2.31. The number of aromatic nitrogens is 2. The maximum Gasteiger partial charge on any atom is 0.141 e. The maximum absolute atomic E-state index is 10.3. The zero-order valence-corrected chi connectivity index (χ0v) is 15.8. The molecule has 1 heterocycles. The first-order chi connectivity index (χ1) is 11.6. The van der Waals surface area contributed by atoms with Crippen molar-refractivity contribution in [1.29, 1.82) is 0 Å². The summed E-state index contributed by atoms with van der Waals surface area (Å²) in [6.45, 7) is 3.71. The van der Waals surface area contributed by atoms with Gasteiger partial charge in [-0.2, -0.15) is 0 Å². The average molecular weight is 434 g/mol. The number of phenols is 1. The van der Waals surface area contributed by atoms with Gasteiger partial charge in [-0.3, -0.25) is 0 Å². The van der Waals surface area contributed by atoms with Gasteiger partial charge in [0.2, 0.25) is 0 Å². The number of fused-ring (bicyclic) bond motifs is 1. The van der Waals surface area contributed by atoms with Crippen molar-refractivity contribution < 1.29 is 5.11 Å². The van der Waals surface area contributed by atoms with E-state index in [1.165, 1.54) is 0 Å². The molecule has 124 valence electrons. The molecule has 0 atom stereocenters. The normalized spacial score (nSPS) is 11.2. The van der Waals surface area contributed by atoms with Gasteiger partial charge in [0.1, 0.15) is 17.9 Å². The van der Waals surface area contributed by atoms with Gasteiger partial charge in [-0.1, -0.05) is 19.1 Å². The number of phenolic OH excluding ortho intramolecular Hbond substituents is 1. The van der Waals surface area contributed by atoms with Crippen molar-refractivity contribution in [3.05, 3.63) is 51.9 Å². The van der Waals surface area contributed by atoms with Crippen molar-refractivity contribution >= 4 is 45.0 Å². The first-order valence-electron chi connectivity index (χ1n) is 7.75. The van der Waals surface area contributed by atoms with E-state index in [1.54, 1.807) is 6.33 Å². The number of aromatic hydroxyl groups is 1. The van der Waals surface area contributed by atoms with Crippen LogP contribution in [-0.2, 0) is 6.54 Å². The van der Waals surface area contributed by atoms with E-state index in [0.717, 1.165) is 38.1 Å². The van der Waals surface area contributed by atoms with E-state index in [-0.39, 0.29) is 0 Å². The fourth-order valence-electron chi connectivity index (χ4n) is 2.49. The molecule has 0 saturated carbocycles. The highest BCUT2D eigenvalue weighted by Gasteiger charge is 2.11. The van der Waals surface area contributed by atoms with E-state index in [9.17, 15) is 5.11 Å². The Kier molecular flexibility index (Phi) is 5.15. The Morgan fingerprint density at radius 2 is 2.00 bits per heavy atom. The number of hydrogen-bond acceptors (Lipinski definition) is 5. The van der Waals surface area contributed by atoms with Gasteiger partial charge in [0.15, 0.2) is 0 Å². The molecule has 0 bridgehead atoms. The van der Waals surface area contributed by atoms with Crippen LogP contribution in [0.4, 0.5) is 11.5 Å². The summed E-state index contributed by atoms with van der Waals surface area (Å²) < 4.78 is 0.815. The molecule has 1 aromatic heterocycles. The molecule has 5 nitrogen and oxygen atoms in total. The number of para-hydroxylation sites is 1. The predicted molar refractivity (Wildman–Crippen MR) is 106 cm³/mol. The van der Waals surface area contributed by atoms with Gasteiger partial charge in [0, 0.05) is 23.2 Å². The summed E-state index contributed by atoms with van der Waals surface area (Å²) in [5.41, 5.74) is 2.70. The minimum absolute atomic E-state index is 0.342. The minimum atomic E-state index is 0.342. The zero-order valence-electron chi connectivity index (χ0n) is 13.6. The molecular weight excluding hydrogens is 415 g/mol. The van der Waals surface area contributed by atoms with Crippen molar-refractivity contribution in [3.8, 4) is 5.75 Å². The fraction of sp³-hybridized carbons (Fsp3) is 0.222. The topological polar surface area (TPSA) is 61.3 Å². The summed E-state index contributed by atoms with van der Waals surface area (Å²) >= 11 is 2.15. The molecule has 2 N–H and O–H groups in total. The molecule has 0 aliphatic carbocycles. The molecule has 0 unspecified atom stereocenters. The minimum Gasteiger partial charge on any atom is -0.507 e. The van der Waals surface area contributed by atoms with Crippen molar-refractivity contribution in [3.63, 3.8) is 0 Å². The second-order valence-corrected chi connectivity index (χ2v) is 6.82. The van der Waals surface area contributed by atoms with Gasteiger partial charge >= 0.3 is 0 Å². The summed E-state index contributed by atoms with van der Waals surface area (Å²) in [6, 6.07) is 11.8. The van der Waals surface area contributed by atoms with E-state index >= 15 is 0 Å². The molecule has 6 heteroatoms. The molecule has 2 aromatic carbocycles. The number of nitrogens with one attached hydrogen (secondary N) is 1. The van der Waals surface area contributed by atoms with Gasteiger partial charge in [-0.15, -0.1) is 0 Å². The first-order valence-corrected chi connectivity index (χ1v) is 8.83. The zero-order chi connectivity index (χ0) is 17.1. The second-order valence-electron chi connectivity index (χ2n) is 5.66. The van der Waals surface area contributed by atoms with Crippen molar-refractivity contribution in [2.45, 2.75) is 13.5 Å². The monoisotopic (exact) mass is 434 g/mol. The summed E-state index contributed by atoms with van der Waals surface area (Å²) in [5.74, 6) is 1.10. The lowest BCUT2D eigenvalue weighted by atomic mass is 10.1. The van der Waals surface area contributed by atoms with E-state index in [2.05, 4.69) is 49.7 Å². The van der Waals surface area contributed by atoms with E-state index < -0.39 is 0 Å². The van der Waals surface area contributed by atoms with Gasteiger partial charge in [0.25, 0.3) is 0 Å². The molecule has 3 rings (SSSR count). The number of hydrogen-bond donors (Lipinski definition) is 2. The smallest absolute Gasteiger partial charge is 0.141 e. The van der Waals surface area contributed by atoms with Crippen LogP contribution >= 0.6 is 22.6 Å². The predicted octanol–water partition coefficient (Wildman–Crippen LogP) is 4.14. The lowest BCUT2D eigenvalue weighted by Gasteiger charge is -2.17. The van der Waals surface area contributed by atoms with Crippen LogP contribution in [0.25, 0.3) is 10.9 Å². The quantitative estimate of drug-likeness (QED) is 0.467. The molecule has 0 radical (unpaired) electrons. The Labute approximate surface area is 154 Å². The average Bonchev–Trinajstić information content (AvgIpc) is 2.59.